The van der Waals surface area contributed by atoms with Gasteiger partial charge in [-0.2, -0.15) is 0 Å². The molecule has 1 aromatic heterocycles. The number of nitrogens with zero attached hydrogens (tertiary/aromatic N) is 1. The fraction of sp³-hybridized carbons (Fsp3) is 0.500. The first-order chi connectivity index (χ1) is 5.79. The van der Waals surface area contributed by atoms with Crippen molar-refractivity contribution in [3.63, 3.8) is 0 Å². The number of hydrogen-bond donors (Lipinski definition) is 1. The summed E-state index contributed by atoms with van der Waals surface area (Å²) in [5, 5.41) is 0. The van der Waals surface area contributed by atoms with E-state index in [0.717, 1.165) is 19.3 Å². The minimum Gasteiger partial charge on any atom is -0.328 e. The molecule has 0 aromatic carbocycles. The van der Waals surface area contributed by atoms with Crippen molar-refractivity contribution in [1.82, 2.24) is 4.98 Å². The number of aromatic nitrogens is 1. The normalized spacial score (nSPS) is 12.8. The smallest absolute Gasteiger partial charge is 0.0299 e. The first-order valence-electron chi connectivity index (χ1n) is 4.43. The topological polar surface area (TPSA) is 38.9 Å². The minimum absolute atomic E-state index is 0.321. The molecule has 1 aromatic rings. The van der Waals surface area contributed by atoms with E-state index in [0.29, 0.717) is 6.04 Å². The molecule has 1 atom stereocenters. The molecule has 12 heavy (non-hydrogen) atoms. The zero-order valence-corrected chi connectivity index (χ0v) is 7.53. The Labute approximate surface area is 73.8 Å². The van der Waals surface area contributed by atoms with Crippen molar-refractivity contribution in [2.75, 3.05) is 0 Å². The number of hydrogen-bond acceptors (Lipinski definition) is 2. The van der Waals surface area contributed by atoms with E-state index in [1.54, 1.807) is 6.20 Å². The van der Waals surface area contributed by atoms with E-state index in [-0.39, 0.29) is 0 Å². The number of rotatable bonds is 4. The van der Waals surface area contributed by atoms with E-state index in [1.165, 1.54) is 5.56 Å². The summed E-state index contributed by atoms with van der Waals surface area (Å²) in [6, 6.07) is 4.40. The van der Waals surface area contributed by atoms with E-state index in [1.807, 2.05) is 19.2 Å². The predicted molar refractivity (Wildman–Crippen MR) is 50.8 cm³/mol. The summed E-state index contributed by atoms with van der Waals surface area (Å²) in [5.41, 5.74) is 6.94. The summed E-state index contributed by atoms with van der Waals surface area (Å²) >= 11 is 0. The number of aryl methyl sites for hydroxylation is 1. The Hall–Kier alpha value is -0.890. The van der Waals surface area contributed by atoms with Gasteiger partial charge in [-0.05, 0) is 37.8 Å². The second-order valence-electron chi connectivity index (χ2n) is 3.23. The van der Waals surface area contributed by atoms with Crippen molar-refractivity contribution in [3.05, 3.63) is 30.1 Å². The standard InChI is InChI=1S/C10H16N2/c1-9(11)4-2-5-10-6-3-7-12-8-10/h3,6-9H,2,4-5,11H2,1H3/t9-/m0/s1. The molecule has 0 fully saturated rings. The zero-order valence-electron chi connectivity index (χ0n) is 7.53. The molecule has 0 aliphatic carbocycles. The van der Waals surface area contributed by atoms with E-state index >= 15 is 0 Å². The van der Waals surface area contributed by atoms with Crippen molar-refractivity contribution in [3.8, 4) is 0 Å². The van der Waals surface area contributed by atoms with Crippen LogP contribution in [0.4, 0.5) is 0 Å². The monoisotopic (exact) mass is 164 g/mol. The molecule has 2 nitrogen and oxygen atoms in total. The molecule has 0 radical (unpaired) electrons. The molecule has 0 saturated heterocycles. The van der Waals surface area contributed by atoms with E-state index < -0.39 is 0 Å². The fourth-order valence-corrected chi connectivity index (χ4v) is 1.17. The first kappa shape index (κ1) is 9.20. The summed E-state index contributed by atoms with van der Waals surface area (Å²) in [5.74, 6) is 0. The van der Waals surface area contributed by atoms with Crippen LogP contribution in [0, 0.1) is 0 Å². The number of nitrogens with two attached hydrogens (primary N) is 1. The van der Waals surface area contributed by atoms with Gasteiger partial charge in [-0.25, -0.2) is 0 Å². The Bertz CT molecular complexity index is 206. The van der Waals surface area contributed by atoms with Crippen LogP contribution >= 0.6 is 0 Å². The van der Waals surface area contributed by atoms with Crippen molar-refractivity contribution in [2.24, 2.45) is 5.73 Å². The predicted octanol–water partition coefficient (Wildman–Crippen LogP) is 1.75. The molecule has 0 saturated carbocycles. The average Bonchev–Trinajstić information content (AvgIpc) is 2.05. The maximum Gasteiger partial charge on any atom is 0.0299 e. The Morgan fingerprint density at radius 1 is 1.58 bits per heavy atom. The number of pyridine rings is 1. The van der Waals surface area contributed by atoms with Crippen LogP contribution in [0.1, 0.15) is 25.3 Å². The summed E-state index contributed by atoms with van der Waals surface area (Å²) in [4.78, 5) is 4.05. The summed E-state index contributed by atoms with van der Waals surface area (Å²) < 4.78 is 0. The molecule has 0 amide bonds. The highest BCUT2D eigenvalue weighted by Gasteiger charge is 1.95. The Kier molecular flexibility index (Phi) is 3.74. The van der Waals surface area contributed by atoms with Crippen LogP contribution in [-0.4, -0.2) is 11.0 Å². The summed E-state index contributed by atoms with van der Waals surface area (Å²) in [6.07, 6.45) is 7.06. The highest BCUT2D eigenvalue weighted by Crippen LogP contribution is 2.03. The van der Waals surface area contributed by atoms with E-state index in [9.17, 15) is 0 Å². The van der Waals surface area contributed by atoms with E-state index in [4.69, 9.17) is 5.73 Å². The lowest BCUT2D eigenvalue weighted by atomic mass is 10.1. The van der Waals surface area contributed by atoms with Gasteiger partial charge in [0.15, 0.2) is 0 Å². The summed E-state index contributed by atoms with van der Waals surface area (Å²) in [6.45, 7) is 2.04. The molecule has 1 rings (SSSR count). The van der Waals surface area contributed by atoms with Crippen LogP contribution in [0.25, 0.3) is 0 Å². The maximum atomic E-state index is 5.64. The largest absolute Gasteiger partial charge is 0.328 e. The van der Waals surface area contributed by atoms with Crippen LogP contribution < -0.4 is 5.73 Å². The molecule has 0 aliphatic rings. The van der Waals surface area contributed by atoms with Crippen molar-refractivity contribution in [1.29, 1.82) is 0 Å². The maximum absolute atomic E-state index is 5.64. The minimum atomic E-state index is 0.321. The lowest BCUT2D eigenvalue weighted by Gasteiger charge is -2.03. The summed E-state index contributed by atoms with van der Waals surface area (Å²) in [7, 11) is 0. The Morgan fingerprint density at radius 2 is 2.42 bits per heavy atom. The molecule has 0 bridgehead atoms. The third kappa shape index (κ3) is 3.49. The van der Waals surface area contributed by atoms with Crippen molar-refractivity contribution in [2.45, 2.75) is 32.2 Å². The second kappa shape index (κ2) is 4.88. The molecule has 0 spiro atoms. The van der Waals surface area contributed by atoms with Crippen LogP contribution in [0.2, 0.25) is 0 Å². The van der Waals surface area contributed by atoms with Gasteiger partial charge in [0.1, 0.15) is 0 Å². The van der Waals surface area contributed by atoms with Gasteiger partial charge in [-0.1, -0.05) is 6.07 Å². The molecule has 0 unspecified atom stereocenters. The fourth-order valence-electron chi connectivity index (χ4n) is 1.17. The van der Waals surface area contributed by atoms with E-state index in [2.05, 4.69) is 11.1 Å². The molecule has 1 heterocycles. The Balaban J connectivity index is 2.25. The van der Waals surface area contributed by atoms with Crippen molar-refractivity contribution >= 4 is 0 Å². The second-order valence-corrected chi connectivity index (χ2v) is 3.23. The van der Waals surface area contributed by atoms with Crippen LogP contribution in [0.5, 0.6) is 0 Å². The van der Waals surface area contributed by atoms with Gasteiger partial charge in [0, 0.05) is 18.4 Å². The van der Waals surface area contributed by atoms with Crippen LogP contribution in [0.3, 0.4) is 0 Å². The van der Waals surface area contributed by atoms with Gasteiger partial charge >= 0.3 is 0 Å². The van der Waals surface area contributed by atoms with Gasteiger partial charge in [-0.3, -0.25) is 4.98 Å². The SMILES string of the molecule is C[C@H](N)CCCc1cccnc1. The first-order valence-corrected chi connectivity index (χ1v) is 4.43. The van der Waals surface area contributed by atoms with Gasteiger partial charge in [0.05, 0.1) is 0 Å². The molecule has 2 N–H and O–H groups in total. The molecular weight excluding hydrogens is 148 g/mol. The highest BCUT2D eigenvalue weighted by atomic mass is 14.6. The zero-order chi connectivity index (χ0) is 8.81. The van der Waals surface area contributed by atoms with Crippen LogP contribution in [-0.2, 0) is 6.42 Å². The van der Waals surface area contributed by atoms with Crippen molar-refractivity contribution < 1.29 is 0 Å². The highest BCUT2D eigenvalue weighted by molar-refractivity contribution is 5.08. The van der Waals surface area contributed by atoms with Gasteiger partial charge in [-0.15, -0.1) is 0 Å². The molecule has 0 aliphatic heterocycles. The molecule has 66 valence electrons. The van der Waals surface area contributed by atoms with Gasteiger partial charge in [0.2, 0.25) is 0 Å². The molecule has 2 heteroatoms. The third-order valence-electron chi connectivity index (χ3n) is 1.85. The molecular formula is C10H16N2. The lowest BCUT2D eigenvalue weighted by Crippen LogP contribution is -2.14. The van der Waals surface area contributed by atoms with Crippen LogP contribution in [0.15, 0.2) is 24.5 Å². The van der Waals surface area contributed by atoms with Gasteiger partial charge < -0.3 is 5.73 Å². The Morgan fingerprint density at radius 3 is 3.00 bits per heavy atom. The average molecular weight is 164 g/mol. The van der Waals surface area contributed by atoms with Gasteiger partial charge in [0.25, 0.3) is 0 Å². The lowest BCUT2D eigenvalue weighted by molar-refractivity contribution is 0.624. The third-order valence-corrected chi connectivity index (χ3v) is 1.85. The quantitative estimate of drug-likeness (QED) is 0.736.